The van der Waals surface area contributed by atoms with Crippen LogP contribution in [0, 0.1) is 12.7 Å². The van der Waals surface area contributed by atoms with Gasteiger partial charge in [0, 0.05) is 17.8 Å². The van der Waals surface area contributed by atoms with Crippen LogP contribution in [0.15, 0.2) is 53.6 Å². The van der Waals surface area contributed by atoms with Crippen molar-refractivity contribution in [2.45, 2.75) is 26.7 Å². The number of aryl methyl sites for hydroxylation is 1. The Labute approximate surface area is 166 Å². The predicted molar refractivity (Wildman–Crippen MR) is 109 cm³/mol. The van der Waals surface area contributed by atoms with E-state index in [1.54, 1.807) is 24.5 Å². The molecule has 4 aromatic rings. The zero-order valence-corrected chi connectivity index (χ0v) is 16.2. The van der Waals surface area contributed by atoms with Crippen molar-refractivity contribution >= 4 is 11.0 Å². The number of aromatic nitrogens is 4. The average Bonchev–Trinajstić information content (AvgIpc) is 2.68. The van der Waals surface area contributed by atoms with E-state index in [9.17, 15) is 14.3 Å². The second kappa shape index (κ2) is 7.09. The Balaban J connectivity index is 2.15. The van der Waals surface area contributed by atoms with Crippen molar-refractivity contribution < 1.29 is 9.50 Å². The van der Waals surface area contributed by atoms with Gasteiger partial charge in [0.25, 0.3) is 0 Å². The van der Waals surface area contributed by atoms with Crippen LogP contribution in [0.2, 0.25) is 0 Å². The molecule has 0 bridgehead atoms. The maximum atomic E-state index is 14.5. The molecule has 0 aliphatic heterocycles. The van der Waals surface area contributed by atoms with Gasteiger partial charge in [0.1, 0.15) is 11.6 Å². The molecule has 146 valence electrons. The van der Waals surface area contributed by atoms with Gasteiger partial charge in [0.2, 0.25) is 0 Å². The first-order valence-corrected chi connectivity index (χ1v) is 9.21. The van der Waals surface area contributed by atoms with Gasteiger partial charge in [-0.05, 0) is 48.7 Å². The number of halogens is 1. The van der Waals surface area contributed by atoms with E-state index in [1.165, 1.54) is 22.8 Å². The second-order valence-electron chi connectivity index (χ2n) is 7.10. The molecule has 0 spiro atoms. The van der Waals surface area contributed by atoms with E-state index in [1.807, 2.05) is 26.8 Å². The average molecular weight is 390 g/mol. The number of benzene rings is 1. The number of fused-ring (bicyclic) bond motifs is 1. The molecular weight excluding hydrogens is 371 g/mol. The number of rotatable bonds is 3. The van der Waals surface area contributed by atoms with Crippen LogP contribution in [0.4, 0.5) is 4.39 Å². The maximum absolute atomic E-state index is 14.5. The van der Waals surface area contributed by atoms with Crippen molar-refractivity contribution in [3.8, 4) is 22.7 Å². The number of phenolic OH excluding ortho intramolecular Hbond substituents is 1. The fraction of sp³-hybridized carbons (Fsp3) is 0.182. The highest BCUT2D eigenvalue weighted by Crippen LogP contribution is 2.34. The first-order chi connectivity index (χ1) is 13.9. The molecule has 0 saturated heterocycles. The molecule has 0 aliphatic rings. The first-order valence-electron chi connectivity index (χ1n) is 9.21. The molecule has 0 unspecified atom stereocenters. The molecule has 0 radical (unpaired) electrons. The molecule has 3 heterocycles. The molecule has 6 nitrogen and oxygen atoms in total. The molecule has 4 rings (SSSR count). The van der Waals surface area contributed by atoms with Crippen LogP contribution in [0.1, 0.15) is 31.0 Å². The second-order valence-corrected chi connectivity index (χ2v) is 7.10. The van der Waals surface area contributed by atoms with Crippen molar-refractivity contribution in [3.63, 3.8) is 0 Å². The number of hydrogen-bond donors (Lipinski definition) is 1. The van der Waals surface area contributed by atoms with E-state index in [-0.39, 0.29) is 22.9 Å². The minimum absolute atomic E-state index is 0.0533. The third-order valence-corrected chi connectivity index (χ3v) is 4.81. The maximum Gasteiger partial charge on any atom is 0.354 e. The Morgan fingerprint density at radius 1 is 1.07 bits per heavy atom. The van der Waals surface area contributed by atoms with Crippen LogP contribution in [0.3, 0.4) is 0 Å². The van der Waals surface area contributed by atoms with Gasteiger partial charge in [0.15, 0.2) is 5.65 Å². The van der Waals surface area contributed by atoms with Crippen molar-refractivity contribution in [1.82, 2.24) is 19.5 Å². The van der Waals surface area contributed by atoms with Crippen LogP contribution in [-0.2, 0) is 0 Å². The molecule has 1 aromatic carbocycles. The topological polar surface area (TPSA) is 80.9 Å². The van der Waals surface area contributed by atoms with Gasteiger partial charge in [0.05, 0.1) is 22.6 Å². The van der Waals surface area contributed by atoms with Crippen LogP contribution in [-0.4, -0.2) is 24.6 Å². The molecule has 0 atom stereocenters. The van der Waals surface area contributed by atoms with Gasteiger partial charge in [-0.3, -0.25) is 4.98 Å². The highest BCUT2D eigenvalue weighted by Gasteiger charge is 2.22. The summed E-state index contributed by atoms with van der Waals surface area (Å²) in [5.41, 5.74) is 1.84. The summed E-state index contributed by atoms with van der Waals surface area (Å²) in [6.07, 6.45) is 3.26. The SMILES string of the molecule is Cc1ccnc(C(C)C)c1-n1c(=O)nc(-c2c(O)cccc2F)c2cccnc21. The van der Waals surface area contributed by atoms with E-state index in [2.05, 4.69) is 15.0 Å². The lowest BCUT2D eigenvalue weighted by molar-refractivity contribution is 0.471. The quantitative estimate of drug-likeness (QED) is 0.569. The van der Waals surface area contributed by atoms with Crippen LogP contribution < -0.4 is 5.69 Å². The van der Waals surface area contributed by atoms with Crippen molar-refractivity contribution in [2.24, 2.45) is 0 Å². The third-order valence-electron chi connectivity index (χ3n) is 4.81. The lowest BCUT2D eigenvalue weighted by Crippen LogP contribution is -2.25. The fourth-order valence-corrected chi connectivity index (χ4v) is 3.48. The van der Waals surface area contributed by atoms with Gasteiger partial charge in [-0.15, -0.1) is 0 Å². The smallest absolute Gasteiger partial charge is 0.354 e. The summed E-state index contributed by atoms with van der Waals surface area (Å²) in [6.45, 7) is 5.87. The summed E-state index contributed by atoms with van der Waals surface area (Å²) in [4.78, 5) is 26.2. The summed E-state index contributed by atoms with van der Waals surface area (Å²) in [5, 5.41) is 10.7. The molecule has 29 heavy (non-hydrogen) atoms. The van der Waals surface area contributed by atoms with Crippen LogP contribution in [0.5, 0.6) is 5.75 Å². The Morgan fingerprint density at radius 3 is 2.59 bits per heavy atom. The van der Waals surface area contributed by atoms with Crippen molar-refractivity contribution in [2.75, 3.05) is 0 Å². The summed E-state index contributed by atoms with van der Waals surface area (Å²) < 4.78 is 15.9. The Morgan fingerprint density at radius 2 is 1.86 bits per heavy atom. The summed E-state index contributed by atoms with van der Waals surface area (Å²) in [5.74, 6) is -0.897. The van der Waals surface area contributed by atoms with E-state index in [4.69, 9.17) is 0 Å². The molecule has 0 fully saturated rings. The van der Waals surface area contributed by atoms with Crippen molar-refractivity contribution in [3.05, 3.63) is 76.4 Å². The predicted octanol–water partition coefficient (Wildman–Crippen LogP) is 4.12. The molecule has 0 aliphatic carbocycles. The minimum atomic E-state index is -0.666. The minimum Gasteiger partial charge on any atom is -0.507 e. The number of phenols is 1. The van der Waals surface area contributed by atoms with Crippen molar-refractivity contribution in [1.29, 1.82) is 0 Å². The number of aromatic hydroxyl groups is 1. The van der Waals surface area contributed by atoms with Gasteiger partial charge in [-0.2, -0.15) is 4.98 Å². The molecule has 0 amide bonds. The van der Waals surface area contributed by atoms with Gasteiger partial charge >= 0.3 is 5.69 Å². The Hall–Kier alpha value is -3.61. The normalized spacial score (nSPS) is 11.3. The molecule has 1 N–H and O–H groups in total. The largest absolute Gasteiger partial charge is 0.507 e. The molecular formula is C22H19FN4O2. The zero-order chi connectivity index (χ0) is 20.7. The standard InChI is InChI=1S/C22H19FN4O2/c1-12(2)18-20(13(3)9-11-24-18)27-21-14(6-5-10-25-21)19(26-22(27)29)17-15(23)7-4-8-16(17)28/h4-12,28H,1-3H3. The lowest BCUT2D eigenvalue weighted by Gasteiger charge is -2.18. The molecule has 0 saturated carbocycles. The third kappa shape index (κ3) is 3.04. The highest BCUT2D eigenvalue weighted by atomic mass is 19.1. The summed E-state index contributed by atoms with van der Waals surface area (Å²) >= 11 is 0. The highest BCUT2D eigenvalue weighted by molar-refractivity contribution is 5.92. The van der Waals surface area contributed by atoms with Gasteiger partial charge in [-0.25, -0.2) is 18.7 Å². The Bertz CT molecular complexity index is 1280. The number of nitrogens with zero attached hydrogens (tertiary/aromatic N) is 4. The van der Waals surface area contributed by atoms with E-state index in [0.29, 0.717) is 16.7 Å². The molecule has 3 aromatic heterocycles. The lowest BCUT2D eigenvalue weighted by atomic mass is 10.0. The number of hydrogen-bond acceptors (Lipinski definition) is 5. The van der Waals surface area contributed by atoms with E-state index < -0.39 is 11.5 Å². The number of pyridine rings is 2. The van der Waals surface area contributed by atoms with Crippen LogP contribution >= 0.6 is 0 Å². The summed E-state index contributed by atoms with van der Waals surface area (Å²) in [7, 11) is 0. The first kappa shape index (κ1) is 18.7. The monoisotopic (exact) mass is 390 g/mol. The van der Waals surface area contributed by atoms with E-state index >= 15 is 0 Å². The Kier molecular flexibility index (Phi) is 4.58. The van der Waals surface area contributed by atoms with Gasteiger partial charge in [-0.1, -0.05) is 19.9 Å². The summed E-state index contributed by atoms with van der Waals surface area (Å²) in [6, 6.07) is 9.16. The van der Waals surface area contributed by atoms with Gasteiger partial charge < -0.3 is 5.11 Å². The molecule has 7 heteroatoms. The fourth-order valence-electron chi connectivity index (χ4n) is 3.48. The van der Waals surface area contributed by atoms with Crippen LogP contribution in [0.25, 0.3) is 28.0 Å². The van der Waals surface area contributed by atoms with E-state index in [0.717, 1.165) is 11.3 Å². The zero-order valence-electron chi connectivity index (χ0n) is 16.2.